The minimum Gasteiger partial charge on any atom is -0.464 e. The Hall–Kier alpha value is -1.26. The van der Waals surface area contributed by atoms with Crippen LogP contribution in [0, 0.1) is 5.92 Å². The van der Waals surface area contributed by atoms with E-state index in [0.29, 0.717) is 6.61 Å². The number of ether oxygens (including phenoxy) is 2. The molecule has 112 valence electrons. The van der Waals surface area contributed by atoms with Crippen LogP contribution in [0.1, 0.15) is 52.9 Å². The third kappa shape index (κ3) is 10.4. The Labute approximate surface area is 116 Å². The predicted octanol–water partition coefficient (Wildman–Crippen LogP) is 2.88. The van der Waals surface area contributed by atoms with E-state index in [9.17, 15) is 9.59 Å². The molecule has 5 nitrogen and oxygen atoms in total. The summed E-state index contributed by atoms with van der Waals surface area (Å²) in [7, 11) is 0. The summed E-state index contributed by atoms with van der Waals surface area (Å²) in [4.78, 5) is 22.6. The van der Waals surface area contributed by atoms with E-state index in [1.807, 2.05) is 13.8 Å². The van der Waals surface area contributed by atoms with Crippen molar-refractivity contribution in [3.05, 3.63) is 0 Å². The molecule has 0 aromatic heterocycles. The van der Waals surface area contributed by atoms with Crippen LogP contribution in [0.4, 0.5) is 4.79 Å². The van der Waals surface area contributed by atoms with Crippen molar-refractivity contribution in [2.45, 2.75) is 52.9 Å². The number of amides is 1. The smallest absolute Gasteiger partial charge is 0.407 e. The predicted molar refractivity (Wildman–Crippen MR) is 73.9 cm³/mol. The van der Waals surface area contributed by atoms with Crippen molar-refractivity contribution >= 4 is 12.1 Å². The SMILES string of the molecule is CCCCCCOC(=O)NCCOC(=O)C(C)CC. The summed E-state index contributed by atoms with van der Waals surface area (Å²) in [6, 6.07) is 0. The molecule has 0 aliphatic carbocycles. The van der Waals surface area contributed by atoms with Gasteiger partial charge in [-0.25, -0.2) is 4.79 Å². The van der Waals surface area contributed by atoms with E-state index in [-0.39, 0.29) is 25.0 Å². The van der Waals surface area contributed by atoms with Gasteiger partial charge in [0.2, 0.25) is 0 Å². The van der Waals surface area contributed by atoms with Crippen molar-refractivity contribution in [1.29, 1.82) is 0 Å². The molecule has 1 unspecified atom stereocenters. The molecular formula is C14H27NO4. The van der Waals surface area contributed by atoms with Crippen LogP contribution in [-0.2, 0) is 14.3 Å². The molecule has 0 radical (unpaired) electrons. The van der Waals surface area contributed by atoms with Crippen molar-refractivity contribution in [2.75, 3.05) is 19.8 Å². The van der Waals surface area contributed by atoms with Gasteiger partial charge in [0, 0.05) is 0 Å². The Balaban J connectivity index is 3.41. The monoisotopic (exact) mass is 273 g/mol. The van der Waals surface area contributed by atoms with E-state index in [4.69, 9.17) is 9.47 Å². The van der Waals surface area contributed by atoms with Gasteiger partial charge in [-0.3, -0.25) is 4.79 Å². The lowest BCUT2D eigenvalue weighted by Gasteiger charge is -2.10. The van der Waals surface area contributed by atoms with Crippen LogP contribution in [0.2, 0.25) is 0 Å². The third-order valence-corrected chi connectivity index (χ3v) is 2.86. The minimum atomic E-state index is -0.448. The summed E-state index contributed by atoms with van der Waals surface area (Å²) in [5.74, 6) is -0.317. The molecule has 0 aromatic rings. The highest BCUT2D eigenvalue weighted by Gasteiger charge is 2.11. The number of carbonyl (C=O) groups excluding carboxylic acids is 2. The standard InChI is InChI=1S/C14H27NO4/c1-4-6-7-8-10-19-14(17)15-9-11-18-13(16)12(3)5-2/h12H,4-11H2,1-3H3,(H,15,17). The van der Waals surface area contributed by atoms with Gasteiger partial charge < -0.3 is 14.8 Å². The van der Waals surface area contributed by atoms with Crippen molar-refractivity contribution in [3.63, 3.8) is 0 Å². The molecule has 0 saturated heterocycles. The molecule has 1 N–H and O–H groups in total. The number of hydrogen-bond donors (Lipinski definition) is 1. The van der Waals surface area contributed by atoms with Gasteiger partial charge in [0.15, 0.2) is 0 Å². The summed E-state index contributed by atoms with van der Waals surface area (Å²) in [6.45, 7) is 6.80. The maximum absolute atomic E-state index is 11.3. The molecule has 1 amide bonds. The zero-order valence-corrected chi connectivity index (χ0v) is 12.4. The van der Waals surface area contributed by atoms with E-state index in [1.54, 1.807) is 0 Å². The summed E-state index contributed by atoms with van der Waals surface area (Å²) in [5.41, 5.74) is 0. The highest BCUT2D eigenvalue weighted by Crippen LogP contribution is 2.02. The fourth-order valence-corrected chi connectivity index (χ4v) is 1.36. The normalized spacial score (nSPS) is 11.7. The zero-order valence-electron chi connectivity index (χ0n) is 12.4. The summed E-state index contributed by atoms with van der Waals surface area (Å²) >= 11 is 0. The molecular weight excluding hydrogens is 246 g/mol. The molecule has 0 rings (SSSR count). The quantitative estimate of drug-likeness (QED) is 0.491. The highest BCUT2D eigenvalue weighted by atomic mass is 16.6. The van der Waals surface area contributed by atoms with Gasteiger partial charge in [0.1, 0.15) is 6.61 Å². The van der Waals surface area contributed by atoms with Gasteiger partial charge in [-0.2, -0.15) is 0 Å². The summed E-state index contributed by atoms with van der Waals surface area (Å²) in [6.07, 6.45) is 4.60. The number of alkyl carbamates (subject to hydrolysis) is 1. The van der Waals surface area contributed by atoms with Crippen LogP contribution in [0.15, 0.2) is 0 Å². The van der Waals surface area contributed by atoms with Crippen molar-refractivity contribution in [2.24, 2.45) is 5.92 Å². The molecule has 0 saturated carbocycles. The van der Waals surface area contributed by atoms with E-state index in [0.717, 1.165) is 32.1 Å². The van der Waals surface area contributed by atoms with Crippen LogP contribution in [-0.4, -0.2) is 31.8 Å². The molecule has 19 heavy (non-hydrogen) atoms. The number of unbranched alkanes of at least 4 members (excludes halogenated alkanes) is 3. The van der Waals surface area contributed by atoms with Gasteiger partial charge in [-0.1, -0.05) is 40.0 Å². The first-order valence-electron chi connectivity index (χ1n) is 7.19. The van der Waals surface area contributed by atoms with E-state index in [1.165, 1.54) is 0 Å². The molecule has 0 heterocycles. The second kappa shape index (κ2) is 11.8. The number of esters is 1. The van der Waals surface area contributed by atoms with Gasteiger partial charge >= 0.3 is 12.1 Å². The van der Waals surface area contributed by atoms with Gasteiger partial charge in [-0.05, 0) is 12.8 Å². The molecule has 0 aromatic carbocycles. The first-order chi connectivity index (χ1) is 9.11. The highest BCUT2D eigenvalue weighted by molar-refractivity contribution is 5.72. The number of hydrogen-bond acceptors (Lipinski definition) is 4. The number of nitrogens with one attached hydrogen (secondary N) is 1. The van der Waals surface area contributed by atoms with Crippen LogP contribution < -0.4 is 5.32 Å². The Bertz CT molecular complexity index is 256. The van der Waals surface area contributed by atoms with E-state index < -0.39 is 6.09 Å². The van der Waals surface area contributed by atoms with Crippen LogP contribution in [0.5, 0.6) is 0 Å². The average Bonchev–Trinajstić information content (AvgIpc) is 2.42. The molecule has 0 aliphatic heterocycles. The largest absolute Gasteiger partial charge is 0.464 e. The number of carbonyl (C=O) groups is 2. The lowest BCUT2D eigenvalue weighted by molar-refractivity contribution is -0.147. The van der Waals surface area contributed by atoms with Crippen LogP contribution >= 0.6 is 0 Å². The van der Waals surface area contributed by atoms with Crippen LogP contribution in [0.3, 0.4) is 0 Å². The Morgan fingerprint density at radius 3 is 2.42 bits per heavy atom. The maximum atomic E-state index is 11.3. The fourth-order valence-electron chi connectivity index (χ4n) is 1.36. The lowest BCUT2D eigenvalue weighted by atomic mass is 10.1. The van der Waals surface area contributed by atoms with E-state index >= 15 is 0 Å². The van der Waals surface area contributed by atoms with Crippen molar-refractivity contribution in [3.8, 4) is 0 Å². The van der Waals surface area contributed by atoms with Crippen molar-refractivity contribution < 1.29 is 19.1 Å². The van der Waals surface area contributed by atoms with Gasteiger partial charge in [0.25, 0.3) is 0 Å². The minimum absolute atomic E-state index is 0.0921. The third-order valence-electron chi connectivity index (χ3n) is 2.86. The molecule has 5 heteroatoms. The Kier molecular flexibility index (Phi) is 11.0. The van der Waals surface area contributed by atoms with Crippen LogP contribution in [0.25, 0.3) is 0 Å². The van der Waals surface area contributed by atoms with E-state index in [2.05, 4.69) is 12.2 Å². The molecule has 0 bridgehead atoms. The van der Waals surface area contributed by atoms with Gasteiger partial charge in [0.05, 0.1) is 19.1 Å². The molecule has 0 fully saturated rings. The topological polar surface area (TPSA) is 64.6 Å². The maximum Gasteiger partial charge on any atom is 0.407 e. The Morgan fingerprint density at radius 2 is 1.79 bits per heavy atom. The summed E-state index contributed by atoms with van der Waals surface area (Å²) < 4.78 is 9.97. The second-order valence-electron chi connectivity index (χ2n) is 4.60. The fraction of sp³-hybridized carbons (Fsp3) is 0.857. The second-order valence-corrected chi connectivity index (χ2v) is 4.60. The van der Waals surface area contributed by atoms with Crippen molar-refractivity contribution in [1.82, 2.24) is 5.32 Å². The number of rotatable bonds is 10. The Morgan fingerprint density at radius 1 is 1.05 bits per heavy atom. The summed E-state index contributed by atoms with van der Waals surface area (Å²) in [5, 5.41) is 2.55. The molecule has 0 aliphatic rings. The molecule has 0 spiro atoms. The first-order valence-corrected chi connectivity index (χ1v) is 7.19. The zero-order chi connectivity index (χ0) is 14.5. The average molecular weight is 273 g/mol. The molecule has 1 atom stereocenters. The lowest BCUT2D eigenvalue weighted by Crippen LogP contribution is -2.29. The first kappa shape index (κ1) is 17.7. The van der Waals surface area contributed by atoms with Gasteiger partial charge in [-0.15, -0.1) is 0 Å².